The quantitative estimate of drug-likeness (QED) is 0.640. The van der Waals surface area contributed by atoms with Crippen molar-refractivity contribution in [1.29, 1.82) is 0 Å². The van der Waals surface area contributed by atoms with E-state index in [1.807, 2.05) is 0 Å². The third kappa shape index (κ3) is 4.32. The average molecular weight is 244 g/mol. The standard InChI is InChI=1S/C11H20N2O4/c1-2-17-9(14)3-6-13-10(15)11(12)4-7-16-8-5-11/h2-8,12H2,1H3,(H,13,15). The Morgan fingerprint density at radius 2 is 2.06 bits per heavy atom. The number of carbonyl (C=O) groups is 2. The van der Waals surface area contributed by atoms with E-state index in [1.54, 1.807) is 6.92 Å². The van der Waals surface area contributed by atoms with E-state index >= 15 is 0 Å². The summed E-state index contributed by atoms with van der Waals surface area (Å²) < 4.78 is 9.91. The summed E-state index contributed by atoms with van der Waals surface area (Å²) in [4.78, 5) is 22.9. The molecule has 0 spiro atoms. The highest BCUT2D eigenvalue weighted by Crippen LogP contribution is 2.17. The van der Waals surface area contributed by atoms with E-state index in [0.717, 1.165) is 0 Å². The number of carbonyl (C=O) groups excluding carboxylic acids is 2. The molecule has 1 heterocycles. The van der Waals surface area contributed by atoms with Crippen LogP contribution in [0.1, 0.15) is 26.2 Å². The van der Waals surface area contributed by atoms with Gasteiger partial charge in [0.2, 0.25) is 5.91 Å². The Labute approximate surface area is 101 Å². The summed E-state index contributed by atoms with van der Waals surface area (Å²) in [6.45, 7) is 3.36. The summed E-state index contributed by atoms with van der Waals surface area (Å²) in [5.74, 6) is -0.532. The molecule has 1 aliphatic heterocycles. The Hall–Kier alpha value is -1.14. The van der Waals surface area contributed by atoms with Gasteiger partial charge in [0.15, 0.2) is 0 Å². The molecule has 6 heteroatoms. The molecule has 0 saturated carbocycles. The molecule has 0 aromatic carbocycles. The molecule has 3 N–H and O–H groups in total. The van der Waals surface area contributed by atoms with Crippen molar-refractivity contribution in [3.05, 3.63) is 0 Å². The van der Waals surface area contributed by atoms with Crippen LogP contribution in [0.15, 0.2) is 0 Å². The van der Waals surface area contributed by atoms with Gasteiger partial charge in [0.1, 0.15) is 0 Å². The maximum absolute atomic E-state index is 11.8. The Morgan fingerprint density at radius 3 is 2.65 bits per heavy atom. The zero-order valence-electron chi connectivity index (χ0n) is 10.2. The fraction of sp³-hybridized carbons (Fsp3) is 0.818. The molecule has 1 rings (SSSR count). The van der Waals surface area contributed by atoms with E-state index in [9.17, 15) is 9.59 Å². The van der Waals surface area contributed by atoms with Crippen molar-refractivity contribution in [2.24, 2.45) is 5.73 Å². The third-order valence-electron chi connectivity index (χ3n) is 2.76. The number of hydrogen-bond donors (Lipinski definition) is 2. The minimum Gasteiger partial charge on any atom is -0.466 e. The van der Waals surface area contributed by atoms with Crippen LogP contribution in [-0.2, 0) is 19.1 Å². The molecular formula is C11H20N2O4. The highest BCUT2D eigenvalue weighted by atomic mass is 16.5. The summed E-state index contributed by atoms with van der Waals surface area (Å²) >= 11 is 0. The van der Waals surface area contributed by atoms with E-state index < -0.39 is 5.54 Å². The summed E-state index contributed by atoms with van der Waals surface area (Å²) in [5.41, 5.74) is 5.12. The van der Waals surface area contributed by atoms with Gasteiger partial charge in [-0.05, 0) is 19.8 Å². The third-order valence-corrected chi connectivity index (χ3v) is 2.76. The number of nitrogens with one attached hydrogen (secondary N) is 1. The summed E-state index contributed by atoms with van der Waals surface area (Å²) in [7, 11) is 0. The number of amides is 1. The van der Waals surface area contributed by atoms with Gasteiger partial charge in [-0.3, -0.25) is 9.59 Å². The predicted molar refractivity (Wildman–Crippen MR) is 61.2 cm³/mol. The minimum atomic E-state index is -0.854. The molecule has 17 heavy (non-hydrogen) atoms. The number of nitrogens with two attached hydrogens (primary N) is 1. The smallest absolute Gasteiger partial charge is 0.307 e. The Morgan fingerprint density at radius 1 is 1.41 bits per heavy atom. The lowest BCUT2D eigenvalue weighted by atomic mass is 9.90. The van der Waals surface area contributed by atoms with Crippen LogP contribution in [0.2, 0.25) is 0 Å². The van der Waals surface area contributed by atoms with Gasteiger partial charge in [0.05, 0.1) is 18.6 Å². The lowest BCUT2D eigenvalue weighted by molar-refractivity contribution is -0.143. The molecule has 1 fully saturated rings. The number of ether oxygens (including phenoxy) is 2. The summed E-state index contributed by atoms with van der Waals surface area (Å²) in [6, 6.07) is 0. The van der Waals surface area contributed by atoms with Crippen molar-refractivity contribution >= 4 is 11.9 Å². The van der Waals surface area contributed by atoms with Crippen LogP contribution in [-0.4, -0.2) is 43.8 Å². The van der Waals surface area contributed by atoms with Crippen molar-refractivity contribution in [3.63, 3.8) is 0 Å². The van der Waals surface area contributed by atoms with Gasteiger partial charge >= 0.3 is 5.97 Å². The van der Waals surface area contributed by atoms with Crippen molar-refractivity contribution in [1.82, 2.24) is 5.32 Å². The fourth-order valence-electron chi connectivity index (χ4n) is 1.65. The Bertz CT molecular complexity index is 275. The zero-order chi connectivity index (χ0) is 12.7. The van der Waals surface area contributed by atoms with Crippen molar-refractivity contribution < 1.29 is 19.1 Å². The first-order chi connectivity index (χ1) is 8.08. The molecule has 6 nitrogen and oxygen atoms in total. The van der Waals surface area contributed by atoms with Gasteiger partial charge in [0.25, 0.3) is 0 Å². The van der Waals surface area contributed by atoms with Crippen molar-refractivity contribution in [3.8, 4) is 0 Å². The first-order valence-corrected chi connectivity index (χ1v) is 5.89. The fourth-order valence-corrected chi connectivity index (χ4v) is 1.65. The van der Waals surface area contributed by atoms with Crippen molar-refractivity contribution in [2.45, 2.75) is 31.7 Å². The Kier molecular flexibility index (Phi) is 5.37. The molecule has 0 bridgehead atoms. The SMILES string of the molecule is CCOC(=O)CCNC(=O)C1(N)CCOCC1. The second-order valence-corrected chi connectivity index (χ2v) is 4.08. The molecule has 0 aromatic rings. The molecule has 0 radical (unpaired) electrons. The second-order valence-electron chi connectivity index (χ2n) is 4.08. The van der Waals surface area contributed by atoms with Crippen molar-refractivity contribution in [2.75, 3.05) is 26.4 Å². The first-order valence-electron chi connectivity index (χ1n) is 5.89. The molecule has 98 valence electrons. The Balaban J connectivity index is 2.26. The normalized spacial score (nSPS) is 18.5. The van der Waals surface area contributed by atoms with Crippen LogP contribution in [0.5, 0.6) is 0 Å². The lowest BCUT2D eigenvalue weighted by Gasteiger charge is -2.31. The topological polar surface area (TPSA) is 90.7 Å². The molecule has 0 aromatic heterocycles. The summed E-state index contributed by atoms with van der Waals surface area (Å²) in [6.07, 6.45) is 1.20. The molecule has 0 atom stereocenters. The second kappa shape index (κ2) is 6.56. The van der Waals surface area contributed by atoms with Crippen LogP contribution in [0.3, 0.4) is 0 Å². The van der Waals surface area contributed by atoms with Crippen LogP contribution in [0.4, 0.5) is 0 Å². The van der Waals surface area contributed by atoms with Gasteiger partial charge in [-0.2, -0.15) is 0 Å². The van der Waals surface area contributed by atoms with Gasteiger partial charge in [-0.1, -0.05) is 0 Å². The van der Waals surface area contributed by atoms with Crippen LogP contribution in [0.25, 0.3) is 0 Å². The highest BCUT2D eigenvalue weighted by molar-refractivity contribution is 5.86. The monoisotopic (exact) mass is 244 g/mol. The molecular weight excluding hydrogens is 224 g/mol. The molecule has 0 aliphatic carbocycles. The van der Waals surface area contributed by atoms with Gasteiger partial charge in [-0.15, -0.1) is 0 Å². The van der Waals surface area contributed by atoms with Crippen LogP contribution < -0.4 is 11.1 Å². The van der Waals surface area contributed by atoms with E-state index in [0.29, 0.717) is 32.7 Å². The molecule has 1 saturated heterocycles. The molecule has 1 aliphatic rings. The lowest BCUT2D eigenvalue weighted by Crippen LogP contribution is -2.57. The number of rotatable bonds is 5. The zero-order valence-corrected chi connectivity index (χ0v) is 10.2. The first kappa shape index (κ1) is 13.9. The van der Waals surface area contributed by atoms with Gasteiger partial charge < -0.3 is 20.5 Å². The number of hydrogen-bond acceptors (Lipinski definition) is 5. The van der Waals surface area contributed by atoms with Crippen LogP contribution >= 0.6 is 0 Å². The molecule has 0 unspecified atom stereocenters. The van der Waals surface area contributed by atoms with Gasteiger partial charge in [0, 0.05) is 19.8 Å². The van der Waals surface area contributed by atoms with Gasteiger partial charge in [-0.25, -0.2) is 0 Å². The maximum Gasteiger partial charge on any atom is 0.307 e. The highest BCUT2D eigenvalue weighted by Gasteiger charge is 2.35. The average Bonchev–Trinajstić information content (AvgIpc) is 2.30. The molecule has 1 amide bonds. The largest absolute Gasteiger partial charge is 0.466 e. The summed E-state index contributed by atoms with van der Waals surface area (Å²) in [5, 5.41) is 2.66. The predicted octanol–water partition coefficient (Wildman–Crippen LogP) is -0.436. The van der Waals surface area contributed by atoms with E-state index in [2.05, 4.69) is 5.32 Å². The number of esters is 1. The minimum absolute atomic E-state index is 0.173. The van der Waals surface area contributed by atoms with Crippen LogP contribution in [0, 0.1) is 0 Å². The van der Waals surface area contributed by atoms with E-state index in [-0.39, 0.29) is 24.8 Å². The van der Waals surface area contributed by atoms with E-state index in [1.165, 1.54) is 0 Å². The maximum atomic E-state index is 11.8. The van der Waals surface area contributed by atoms with E-state index in [4.69, 9.17) is 15.2 Å².